The van der Waals surface area contributed by atoms with Crippen LogP contribution in [0.15, 0.2) is 48.7 Å². The topological polar surface area (TPSA) is 55.1 Å². The van der Waals surface area contributed by atoms with E-state index in [-0.39, 0.29) is 5.41 Å². The minimum Gasteiger partial charge on any atom is -0.494 e. The summed E-state index contributed by atoms with van der Waals surface area (Å²) in [7, 11) is 0. The van der Waals surface area contributed by atoms with Crippen molar-refractivity contribution in [3.63, 3.8) is 0 Å². The smallest absolute Gasteiger partial charge is 0.213 e. The summed E-state index contributed by atoms with van der Waals surface area (Å²) in [6.45, 7) is 5.46. The minimum atomic E-state index is -0.0509. The van der Waals surface area contributed by atoms with Crippen molar-refractivity contribution in [2.45, 2.75) is 64.9 Å². The molecule has 0 amide bonds. The minimum absolute atomic E-state index is 0.0509. The van der Waals surface area contributed by atoms with Gasteiger partial charge in [-0.15, -0.1) is 0 Å². The number of rotatable bonds is 9. The van der Waals surface area contributed by atoms with Gasteiger partial charge >= 0.3 is 0 Å². The van der Waals surface area contributed by atoms with E-state index < -0.39 is 0 Å². The summed E-state index contributed by atoms with van der Waals surface area (Å²) in [5, 5.41) is 9.24. The van der Waals surface area contributed by atoms with E-state index in [0.29, 0.717) is 13.2 Å². The first kappa shape index (κ1) is 22.2. The van der Waals surface area contributed by atoms with Crippen LogP contribution in [-0.4, -0.2) is 11.6 Å². The van der Waals surface area contributed by atoms with Crippen molar-refractivity contribution in [1.29, 1.82) is 5.26 Å². The molecule has 178 valence electrons. The highest BCUT2D eigenvalue weighted by Gasteiger charge is 2.45. The normalized spacial score (nSPS) is 20.5. The Bertz CT molecular complexity index is 1290. The SMILES string of the molecule is Cc1cc(OCCCC2(C#N)CC2)cc(C)c1-c1cccc(COc2cc3c(cn2)[C@@H]2C[C@@H]2C3)c1. The number of pyridine rings is 1. The van der Waals surface area contributed by atoms with E-state index in [1.807, 2.05) is 6.20 Å². The zero-order chi connectivity index (χ0) is 24.0. The summed E-state index contributed by atoms with van der Waals surface area (Å²) in [5.74, 6) is 3.27. The van der Waals surface area contributed by atoms with E-state index >= 15 is 0 Å². The molecule has 0 radical (unpaired) electrons. The number of ether oxygens (including phenoxy) is 2. The maximum atomic E-state index is 9.24. The van der Waals surface area contributed by atoms with Gasteiger partial charge in [-0.05, 0) is 121 Å². The molecule has 0 unspecified atom stereocenters. The highest BCUT2D eigenvalue weighted by molar-refractivity contribution is 5.72. The fourth-order valence-corrected chi connectivity index (χ4v) is 5.82. The van der Waals surface area contributed by atoms with Gasteiger partial charge in [0.1, 0.15) is 12.4 Å². The third-order valence-electron chi connectivity index (χ3n) is 8.07. The summed E-state index contributed by atoms with van der Waals surface area (Å²) < 4.78 is 12.1. The van der Waals surface area contributed by atoms with Crippen molar-refractivity contribution >= 4 is 0 Å². The average Bonchev–Trinajstić information content (AvgIpc) is 3.78. The van der Waals surface area contributed by atoms with E-state index in [0.717, 1.165) is 54.7 Å². The molecule has 3 aromatic rings. The number of fused-ring (bicyclic) bond motifs is 3. The maximum Gasteiger partial charge on any atom is 0.213 e. The summed E-state index contributed by atoms with van der Waals surface area (Å²) in [6.07, 6.45) is 8.52. The summed E-state index contributed by atoms with van der Waals surface area (Å²) in [5.41, 5.74) is 8.80. The first-order valence-corrected chi connectivity index (χ1v) is 12.9. The quantitative estimate of drug-likeness (QED) is 0.318. The van der Waals surface area contributed by atoms with Crippen molar-refractivity contribution < 1.29 is 9.47 Å². The fraction of sp³-hybridized carbons (Fsp3) is 0.419. The van der Waals surface area contributed by atoms with Gasteiger partial charge in [0.25, 0.3) is 0 Å². The molecule has 4 nitrogen and oxygen atoms in total. The van der Waals surface area contributed by atoms with E-state index in [2.05, 4.69) is 67.4 Å². The van der Waals surface area contributed by atoms with Crippen molar-refractivity contribution in [3.8, 4) is 28.8 Å². The summed E-state index contributed by atoms with van der Waals surface area (Å²) in [6, 6.07) is 17.5. The van der Waals surface area contributed by atoms with Crippen LogP contribution >= 0.6 is 0 Å². The van der Waals surface area contributed by atoms with Crippen LogP contribution in [0.1, 0.15) is 65.8 Å². The molecule has 2 atom stereocenters. The summed E-state index contributed by atoms with van der Waals surface area (Å²) >= 11 is 0. The van der Waals surface area contributed by atoms with Crippen LogP contribution in [0.2, 0.25) is 0 Å². The highest BCUT2D eigenvalue weighted by Crippen LogP contribution is 2.56. The molecule has 0 aliphatic heterocycles. The van der Waals surface area contributed by atoms with Gasteiger partial charge in [-0.25, -0.2) is 4.98 Å². The number of nitrogens with zero attached hydrogens (tertiary/aromatic N) is 2. The zero-order valence-corrected chi connectivity index (χ0v) is 20.6. The largest absolute Gasteiger partial charge is 0.494 e. The van der Waals surface area contributed by atoms with Gasteiger partial charge in [0, 0.05) is 12.3 Å². The number of aromatic nitrogens is 1. The van der Waals surface area contributed by atoms with Crippen LogP contribution in [0.4, 0.5) is 0 Å². The molecule has 0 bridgehead atoms. The lowest BCUT2D eigenvalue weighted by molar-refractivity contribution is 0.293. The molecule has 3 aliphatic carbocycles. The second-order valence-corrected chi connectivity index (χ2v) is 10.8. The molecule has 4 heteroatoms. The molecule has 1 aromatic heterocycles. The Labute approximate surface area is 207 Å². The number of nitriles is 1. The van der Waals surface area contributed by atoms with E-state index in [4.69, 9.17) is 9.47 Å². The first-order valence-electron chi connectivity index (χ1n) is 12.9. The lowest BCUT2D eigenvalue weighted by Crippen LogP contribution is -2.03. The maximum absolute atomic E-state index is 9.24. The van der Waals surface area contributed by atoms with Gasteiger partial charge in [0.15, 0.2) is 0 Å². The molecule has 0 spiro atoms. The van der Waals surface area contributed by atoms with Crippen LogP contribution in [0, 0.1) is 36.5 Å². The third-order valence-corrected chi connectivity index (χ3v) is 8.07. The first-order chi connectivity index (χ1) is 17.0. The second kappa shape index (κ2) is 8.72. The molecule has 2 saturated carbocycles. The predicted molar refractivity (Wildman–Crippen MR) is 136 cm³/mol. The zero-order valence-electron chi connectivity index (χ0n) is 20.6. The number of benzene rings is 2. The van der Waals surface area contributed by atoms with E-state index in [1.54, 1.807) is 0 Å². The van der Waals surface area contributed by atoms with Crippen molar-refractivity contribution in [2.75, 3.05) is 6.61 Å². The van der Waals surface area contributed by atoms with Crippen LogP contribution in [-0.2, 0) is 13.0 Å². The molecule has 35 heavy (non-hydrogen) atoms. The van der Waals surface area contributed by atoms with Crippen molar-refractivity contribution in [3.05, 3.63) is 76.5 Å². The molecular formula is C31H32N2O2. The van der Waals surface area contributed by atoms with Gasteiger partial charge in [0.2, 0.25) is 5.88 Å². The molecule has 3 aliphatic rings. The Morgan fingerprint density at radius 3 is 2.69 bits per heavy atom. The standard InChI is InChI=1S/C31H32N2O2/c1-20-11-26(34-10-4-7-31(19-32)8-9-31)12-21(2)30(20)23-6-3-5-22(13-23)18-35-29-16-25-14-24-15-27(24)28(25)17-33-29/h3,5-6,11-13,16-17,24,27H,4,7-10,14-15,18H2,1-2H3/t24-,27+/m0/s1. The lowest BCUT2D eigenvalue weighted by atomic mass is 9.94. The third kappa shape index (κ3) is 4.52. The Balaban J connectivity index is 1.10. The number of aryl methyl sites for hydroxylation is 2. The Morgan fingerprint density at radius 1 is 1.09 bits per heavy atom. The van der Waals surface area contributed by atoms with Crippen molar-refractivity contribution in [1.82, 2.24) is 4.98 Å². The van der Waals surface area contributed by atoms with E-state index in [9.17, 15) is 5.26 Å². The van der Waals surface area contributed by atoms with Gasteiger partial charge in [-0.2, -0.15) is 5.26 Å². The molecule has 2 fully saturated rings. The van der Waals surface area contributed by atoms with Gasteiger partial charge in [-0.1, -0.05) is 18.2 Å². The fourth-order valence-electron chi connectivity index (χ4n) is 5.82. The highest BCUT2D eigenvalue weighted by atomic mass is 16.5. The van der Waals surface area contributed by atoms with E-state index in [1.165, 1.54) is 46.2 Å². The number of hydrogen-bond donors (Lipinski definition) is 0. The molecule has 0 N–H and O–H groups in total. The Hall–Kier alpha value is -3.32. The molecule has 6 rings (SSSR count). The van der Waals surface area contributed by atoms with Crippen LogP contribution < -0.4 is 9.47 Å². The van der Waals surface area contributed by atoms with Gasteiger partial charge < -0.3 is 9.47 Å². The van der Waals surface area contributed by atoms with Crippen LogP contribution in [0.25, 0.3) is 11.1 Å². The van der Waals surface area contributed by atoms with Gasteiger partial charge in [-0.3, -0.25) is 0 Å². The molecule has 0 saturated heterocycles. The molecule has 1 heterocycles. The molecule has 2 aromatic carbocycles. The Kier molecular flexibility index (Phi) is 5.52. The monoisotopic (exact) mass is 464 g/mol. The summed E-state index contributed by atoms with van der Waals surface area (Å²) in [4.78, 5) is 4.56. The predicted octanol–water partition coefficient (Wildman–Crippen LogP) is 7.07. The Morgan fingerprint density at radius 2 is 1.91 bits per heavy atom. The molecular weight excluding hydrogens is 432 g/mol. The van der Waals surface area contributed by atoms with Gasteiger partial charge in [0.05, 0.1) is 18.1 Å². The van der Waals surface area contributed by atoms with Crippen LogP contribution in [0.5, 0.6) is 11.6 Å². The number of hydrogen-bond acceptors (Lipinski definition) is 4. The van der Waals surface area contributed by atoms with Crippen molar-refractivity contribution in [2.24, 2.45) is 11.3 Å². The lowest BCUT2D eigenvalue weighted by Gasteiger charge is -2.15. The van der Waals surface area contributed by atoms with Crippen LogP contribution in [0.3, 0.4) is 0 Å². The average molecular weight is 465 g/mol. The second-order valence-electron chi connectivity index (χ2n) is 10.8.